The fourth-order valence-electron chi connectivity index (χ4n) is 3.02. The summed E-state index contributed by atoms with van der Waals surface area (Å²) in [6, 6.07) is 4.65. The highest BCUT2D eigenvalue weighted by molar-refractivity contribution is 9.10. The SMILES string of the molecule is CC1(C)C(C(=O)Cc2cc(F)cc(Br)c2)C1(C)C. The number of benzene rings is 1. The van der Waals surface area contributed by atoms with Gasteiger partial charge in [-0.15, -0.1) is 0 Å². The number of halogens is 2. The molecule has 1 aromatic carbocycles. The predicted octanol–water partition coefficient (Wildman–Crippen LogP) is 4.38. The van der Waals surface area contributed by atoms with Crippen LogP contribution < -0.4 is 0 Å². The second-order valence-corrected chi connectivity index (χ2v) is 7.21. The average molecular weight is 313 g/mol. The lowest BCUT2D eigenvalue weighted by Crippen LogP contribution is -2.10. The highest BCUT2D eigenvalue weighted by atomic mass is 79.9. The lowest BCUT2D eigenvalue weighted by molar-refractivity contribution is -0.120. The minimum Gasteiger partial charge on any atom is -0.299 e. The minimum atomic E-state index is -0.304. The van der Waals surface area contributed by atoms with Gasteiger partial charge in [0.2, 0.25) is 0 Å². The van der Waals surface area contributed by atoms with E-state index < -0.39 is 0 Å². The van der Waals surface area contributed by atoms with Crippen LogP contribution in [0.4, 0.5) is 4.39 Å². The molecular formula is C15H18BrFO. The Hall–Kier alpha value is -0.700. The number of rotatable bonds is 3. The second kappa shape index (κ2) is 4.16. The van der Waals surface area contributed by atoms with Crippen LogP contribution in [0.25, 0.3) is 0 Å². The third-order valence-electron chi connectivity index (χ3n) is 4.64. The quantitative estimate of drug-likeness (QED) is 0.809. The van der Waals surface area contributed by atoms with Crippen molar-refractivity contribution < 1.29 is 9.18 Å². The summed E-state index contributed by atoms with van der Waals surface area (Å²) in [6.07, 6.45) is 0.313. The number of carbonyl (C=O) groups is 1. The summed E-state index contributed by atoms with van der Waals surface area (Å²) in [7, 11) is 0. The maximum absolute atomic E-state index is 13.3. The minimum absolute atomic E-state index is 0.0502. The number of hydrogen-bond donors (Lipinski definition) is 0. The first-order valence-electron chi connectivity index (χ1n) is 6.14. The molecule has 3 heteroatoms. The summed E-state index contributed by atoms with van der Waals surface area (Å²) >= 11 is 3.25. The maximum atomic E-state index is 13.3. The van der Waals surface area contributed by atoms with E-state index in [9.17, 15) is 9.18 Å². The number of Topliss-reactive ketones (excluding diaryl/α,β-unsaturated/α-hetero) is 1. The molecule has 1 saturated carbocycles. The molecule has 0 aliphatic heterocycles. The summed E-state index contributed by atoms with van der Waals surface area (Å²) < 4.78 is 13.9. The first-order valence-corrected chi connectivity index (χ1v) is 6.93. The third kappa shape index (κ3) is 2.13. The molecule has 1 nitrogen and oxygen atoms in total. The molecule has 0 amide bonds. The highest BCUT2D eigenvalue weighted by Crippen LogP contribution is 2.68. The molecule has 0 unspecified atom stereocenters. The van der Waals surface area contributed by atoms with E-state index in [1.165, 1.54) is 12.1 Å². The van der Waals surface area contributed by atoms with Crippen molar-refractivity contribution in [2.75, 3.05) is 0 Å². The molecule has 98 valence electrons. The summed E-state index contributed by atoms with van der Waals surface area (Å²) in [5.74, 6) is -0.0176. The molecule has 0 radical (unpaired) electrons. The van der Waals surface area contributed by atoms with Crippen molar-refractivity contribution in [3.8, 4) is 0 Å². The fraction of sp³-hybridized carbons (Fsp3) is 0.533. The zero-order valence-corrected chi connectivity index (χ0v) is 12.8. The Morgan fingerprint density at radius 1 is 1.22 bits per heavy atom. The van der Waals surface area contributed by atoms with Gasteiger partial charge < -0.3 is 0 Å². The van der Waals surface area contributed by atoms with Crippen LogP contribution in [0.3, 0.4) is 0 Å². The topological polar surface area (TPSA) is 17.1 Å². The van der Waals surface area contributed by atoms with Gasteiger partial charge in [-0.25, -0.2) is 4.39 Å². The van der Waals surface area contributed by atoms with Crippen molar-refractivity contribution in [1.82, 2.24) is 0 Å². The van der Waals surface area contributed by atoms with Gasteiger partial charge in [0.1, 0.15) is 11.6 Å². The van der Waals surface area contributed by atoms with E-state index in [1.54, 1.807) is 0 Å². The zero-order chi connectivity index (χ0) is 13.7. The molecule has 2 rings (SSSR count). The van der Waals surface area contributed by atoms with Crippen molar-refractivity contribution in [3.05, 3.63) is 34.1 Å². The number of ketones is 1. The molecule has 0 bridgehead atoms. The number of hydrogen-bond acceptors (Lipinski definition) is 1. The van der Waals surface area contributed by atoms with E-state index in [2.05, 4.69) is 43.6 Å². The molecule has 1 aromatic rings. The first kappa shape index (κ1) is 13.7. The second-order valence-electron chi connectivity index (χ2n) is 6.30. The van der Waals surface area contributed by atoms with Gasteiger partial charge in [0.05, 0.1) is 0 Å². The molecule has 0 N–H and O–H groups in total. The van der Waals surface area contributed by atoms with E-state index >= 15 is 0 Å². The Labute approximate surface area is 116 Å². The van der Waals surface area contributed by atoms with E-state index in [1.807, 2.05) is 6.07 Å². The van der Waals surface area contributed by atoms with Gasteiger partial charge in [0.15, 0.2) is 0 Å². The zero-order valence-electron chi connectivity index (χ0n) is 11.2. The molecule has 1 fully saturated rings. The van der Waals surface area contributed by atoms with E-state index in [-0.39, 0.29) is 28.3 Å². The summed E-state index contributed by atoms with van der Waals surface area (Å²) in [4.78, 5) is 12.3. The number of carbonyl (C=O) groups excluding carboxylic acids is 1. The molecule has 18 heavy (non-hydrogen) atoms. The monoisotopic (exact) mass is 312 g/mol. The van der Waals surface area contributed by atoms with Crippen LogP contribution in [0, 0.1) is 22.6 Å². The van der Waals surface area contributed by atoms with Crippen molar-refractivity contribution in [3.63, 3.8) is 0 Å². The average Bonchev–Trinajstić information content (AvgIpc) is 2.54. The van der Waals surface area contributed by atoms with Gasteiger partial charge in [-0.05, 0) is 34.6 Å². The Kier molecular flexibility index (Phi) is 3.17. The van der Waals surface area contributed by atoms with Crippen LogP contribution in [0.15, 0.2) is 22.7 Å². The van der Waals surface area contributed by atoms with Crippen molar-refractivity contribution in [1.29, 1.82) is 0 Å². The van der Waals surface area contributed by atoms with E-state index in [0.29, 0.717) is 10.9 Å². The van der Waals surface area contributed by atoms with Crippen LogP contribution in [0.1, 0.15) is 33.3 Å². The molecule has 1 aliphatic carbocycles. The summed E-state index contributed by atoms with van der Waals surface area (Å²) in [5, 5.41) is 0. The van der Waals surface area contributed by atoms with Gasteiger partial charge in [-0.3, -0.25) is 4.79 Å². The van der Waals surface area contributed by atoms with E-state index in [0.717, 1.165) is 5.56 Å². The summed E-state index contributed by atoms with van der Waals surface area (Å²) in [6.45, 7) is 8.49. The Morgan fingerprint density at radius 2 is 1.78 bits per heavy atom. The van der Waals surface area contributed by atoms with Gasteiger partial charge in [0.25, 0.3) is 0 Å². The van der Waals surface area contributed by atoms with Crippen LogP contribution in [0.5, 0.6) is 0 Å². The molecule has 0 spiro atoms. The Bertz CT molecular complexity index is 471. The third-order valence-corrected chi connectivity index (χ3v) is 5.10. The van der Waals surface area contributed by atoms with E-state index in [4.69, 9.17) is 0 Å². The van der Waals surface area contributed by atoms with Gasteiger partial charge in [-0.1, -0.05) is 43.6 Å². The van der Waals surface area contributed by atoms with Crippen LogP contribution in [0.2, 0.25) is 0 Å². The van der Waals surface area contributed by atoms with Crippen LogP contribution in [-0.4, -0.2) is 5.78 Å². The molecule has 0 atom stereocenters. The fourth-order valence-corrected chi connectivity index (χ4v) is 3.53. The van der Waals surface area contributed by atoms with Gasteiger partial charge >= 0.3 is 0 Å². The highest BCUT2D eigenvalue weighted by Gasteiger charge is 2.67. The predicted molar refractivity (Wildman–Crippen MR) is 73.9 cm³/mol. The molecule has 0 saturated heterocycles. The van der Waals surface area contributed by atoms with Crippen molar-refractivity contribution in [2.24, 2.45) is 16.7 Å². The molecule has 1 aliphatic rings. The largest absolute Gasteiger partial charge is 0.299 e. The Morgan fingerprint density at radius 3 is 2.22 bits per heavy atom. The lowest BCUT2D eigenvalue weighted by atomic mass is 10.0. The van der Waals surface area contributed by atoms with Gasteiger partial charge in [-0.2, -0.15) is 0 Å². The van der Waals surface area contributed by atoms with Gasteiger partial charge in [0, 0.05) is 16.8 Å². The maximum Gasteiger partial charge on any atom is 0.141 e. The molecule has 0 heterocycles. The summed E-state index contributed by atoms with van der Waals surface area (Å²) in [5.41, 5.74) is 0.842. The van der Waals surface area contributed by atoms with Crippen molar-refractivity contribution >= 4 is 21.7 Å². The lowest BCUT2D eigenvalue weighted by Gasteiger charge is -2.04. The first-order chi connectivity index (χ1) is 8.16. The van der Waals surface area contributed by atoms with Crippen LogP contribution >= 0.6 is 15.9 Å². The normalized spacial score (nSPS) is 20.8. The standard InChI is InChI=1S/C15H18BrFO/c1-14(2)13(15(14,3)4)12(18)7-9-5-10(16)8-11(17)6-9/h5-6,8,13H,7H2,1-4H3. The smallest absolute Gasteiger partial charge is 0.141 e. The van der Waals surface area contributed by atoms with Crippen molar-refractivity contribution in [2.45, 2.75) is 34.1 Å². The van der Waals surface area contributed by atoms with Crippen LogP contribution in [-0.2, 0) is 11.2 Å². The Balaban J connectivity index is 2.14. The molecular weight excluding hydrogens is 295 g/mol. The molecule has 0 aromatic heterocycles.